The zero-order chi connectivity index (χ0) is 26.4. The third-order valence-corrected chi connectivity index (χ3v) is 9.79. The number of ether oxygens (including phenoxy) is 1. The minimum Gasteiger partial charge on any atom is -0.447 e. The molecule has 0 radical (unpaired) electrons. The quantitative estimate of drug-likeness (QED) is 0.582. The molecule has 1 unspecified atom stereocenters. The number of nitrogens with zero attached hydrogens (tertiary/aromatic N) is 2. The maximum atomic E-state index is 14.7. The van der Waals surface area contributed by atoms with Gasteiger partial charge in [0.1, 0.15) is 18.2 Å². The highest BCUT2D eigenvalue weighted by Crippen LogP contribution is 2.49. The van der Waals surface area contributed by atoms with Crippen LogP contribution in [0.15, 0.2) is 18.2 Å². The first-order chi connectivity index (χ1) is 17.6. The first kappa shape index (κ1) is 26.4. The smallest absolute Gasteiger partial charge is 0.410 e. The van der Waals surface area contributed by atoms with Gasteiger partial charge in [-0.3, -0.25) is 9.69 Å². The van der Waals surface area contributed by atoms with Gasteiger partial charge in [-0.05, 0) is 81.3 Å². The van der Waals surface area contributed by atoms with Gasteiger partial charge in [-0.2, -0.15) is 0 Å². The van der Waals surface area contributed by atoms with E-state index < -0.39 is 17.6 Å². The van der Waals surface area contributed by atoms with Crippen molar-refractivity contribution in [2.24, 2.45) is 23.0 Å². The molecule has 2 amide bonds. The van der Waals surface area contributed by atoms with Crippen molar-refractivity contribution < 1.29 is 23.1 Å². The molecular weight excluding hydrogens is 476 g/mol. The lowest BCUT2D eigenvalue weighted by Crippen LogP contribution is -2.55. The predicted molar refractivity (Wildman–Crippen MR) is 137 cm³/mol. The van der Waals surface area contributed by atoms with Crippen LogP contribution in [-0.2, 0) is 9.53 Å². The van der Waals surface area contributed by atoms with Crippen molar-refractivity contribution in [1.29, 1.82) is 0 Å². The molecular formula is C29H41F2N3O3. The fourth-order valence-electron chi connectivity index (χ4n) is 7.55. The van der Waals surface area contributed by atoms with Crippen LogP contribution < -0.4 is 5.73 Å². The molecule has 1 aromatic carbocycles. The first-order valence-corrected chi connectivity index (χ1v) is 14.0. The van der Waals surface area contributed by atoms with Gasteiger partial charge >= 0.3 is 6.09 Å². The zero-order valence-electron chi connectivity index (χ0n) is 22.2. The number of piperidine rings is 1. The Morgan fingerprint density at radius 2 is 1.81 bits per heavy atom. The van der Waals surface area contributed by atoms with Crippen LogP contribution in [0.25, 0.3) is 0 Å². The summed E-state index contributed by atoms with van der Waals surface area (Å²) in [6.07, 6.45) is 8.52. The van der Waals surface area contributed by atoms with Gasteiger partial charge in [0.25, 0.3) is 0 Å². The van der Waals surface area contributed by atoms with Gasteiger partial charge in [0.05, 0.1) is 5.54 Å². The molecule has 2 saturated heterocycles. The monoisotopic (exact) mass is 517 g/mol. The number of benzene rings is 1. The maximum absolute atomic E-state index is 14.7. The molecule has 6 nitrogen and oxygen atoms in total. The zero-order valence-corrected chi connectivity index (χ0v) is 22.2. The molecule has 0 spiro atoms. The molecule has 2 heterocycles. The van der Waals surface area contributed by atoms with Crippen molar-refractivity contribution in [3.63, 3.8) is 0 Å². The SMILES string of the molecule is CC1(C)COC(=O)N1CC1(C2CCCCC2)CCN(C(=O)C2C[C@H](N)C[C@H]2c2ccc(F)cc2F)CC1. The van der Waals surface area contributed by atoms with Gasteiger partial charge in [0, 0.05) is 37.7 Å². The van der Waals surface area contributed by atoms with E-state index in [2.05, 4.69) is 13.8 Å². The third-order valence-electron chi connectivity index (χ3n) is 9.79. The number of carbonyl (C=O) groups is 2. The Morgan fingerprint density at radius 3 is 2.43 bits per heavy atom. The molecule has 2 aliphatic heterocycles. The summed E-state index contributed by atoms with van der Waals surface area (Å²) in [4.78, 5) is 30.3. The van der Waals surface area contributed by atoms with Gasteiger partial charge in [-0.15, -0.1) is 0 Å². The van der Waals surface area contributed by atoms with Crippen LogP contribution in [0.1, 0.15) is 83.1 Å². The highest BCUT2D eigenvalue weighted by atomic mass is 19.1. The maximum Gasteiger partial charge on any atom is 0.410 e. The normalized spacial score (nSPS) is 30.0. The highest BCUT2D eigenvalue weighted by Gasteiger charge is 2.50. The average molecular weight is 518 g/mol. The lowest BCUT2D eigenvalue weighted by Gasteiger charge is -2.51. The van der Waals surface area contributed by atoms with E-state index >= 15 is 0 Å². The number of nitrogens with two attached hydrogens (primary N) is 1. The van der Waals surface area contributed by atoms with E-state index in [9.17, 15) is 18.4 Å². The predicted octanol–water partition coefficient (Wildman–Crippen LogP) is 5.21. The van der Waals surface area contributed by atoms with E-state index in [1.54, 1.807) is 0 Å². The Morgan fingerprint density at radius 1 is 1.11 bits per heavy atom. The molecule has 8 heteroatoms. The fourth-order valence-corrected chi connectivity index (χ4v) is 7.55. The van der Waals surface area contributed by atoms with Gasteiger partial charge < -0.3 is 15.4 Å². The van der Waals surface area contributed by atoms with Crippen LogP contribution in [0.5, 0.6) is 0 Å². The molecule has 3 atom stereocenters. The number of cyclic esters (lactones) is 1. The number of halogens is 2. The molecule has 0 bridgehead atoms. The summed E-state index contributed by atoms with van der Waals surface area (Å²) in [5, 5.41) is 0. The van der Waals surface area contributed by atoms with Crippen LogP contribution in [0, 0.1) is 28.9 Å². The van der Waals surface area contributed by atoms with E-state index in [0.29, 0.717) is 50.6 Å². The minimum atomic E-state index is -0.619. The molecule has 5 rings (SSSR count). The number of hydrogen-bond acceptors (Lipinski definition) is 4. The summed E-state index contributed by atoms with van der Waals surface area (Å²) in [6, 6.07) is 3.44. The lowest BCUT2D eigenvalue weighted by molar-refractivity contribution is -0.139. The van der Waals surface area contributed by atoms with E-state index in [1.807, 2.05) is 9.80 Å². The molecule has 4 fully saturated rings. The van der Waals surface area contributed by atoms with E-state index in [-0.39, 0.29) is 34.9 Å². The summed E-state index contributed by atoms with van der Waals surface area (Å²) >= 11 is 0. The van der Waals surface area contributed by atoms with Gasteiger partial charge in [-0.25, -0.2) is 13.6 Å². The van der Waals surface area contributed by atoms with Crippen molar-refractivity contribution in [3.05, 3.63) is 35.4 Å². The Labute approximate surface area is 218 Å². The van der Waals surface area contributed by atoms with Crippen LogP contribution in [0.3, 0.4) is 0 Å². The second kappa shape index (κ2) is 10.2. The topological polar surface area (TPSA) is 75.9 Å². The van der Waals surface area contributed by atoms with Crippen LogP contribution in [0.4, 0.5) is 13.6 Å². The Bertz CT molecular complexity index is 1020. The molecule has 0 aromatic heterocycles. The molecule has 2 N–H and O–H groups in total. The number of hydrogen-bond donors (Lipinski definition) is 1. The van der Waals surface area contributed by atoms with Crippen LogP contribution in [-0.4, -0.2) is 59.6 Å². The molecule has 1 aromatic rings. The van der Waals surface area contributed by atoms with Crippen molar-refractivity contribution in [3.8, 4) is 0 Å². The Hall–Kier alpha value is -2.22. The molecule has 204 valence electrons. The fraction of sp³-hybridized carbons (Fsp3) is 0.724. The first-order valence-electron chi connectivity index (χ1n) is 14.0. The van der Waals surface area contributed by atoms with E-state index in [0.717, 1.165) is 18.9 Å². The Kier molecular flexibility index (Phi) is 7.24. The Balaban J connectivity index is 1.33. The minimum absolute atomic E-state index is 0.0276. The second-order valence-corrected chi connectivity index (χ2v) is 12.6. The average Bonchev–Trinajstić information content (AvgIpc) is 3.38. The standard InChI is InChI=1S/C29H41F2N3O3/c1-28(2)18-37-27(36)34(28)17-29(19-6-4-3-5-7-19)10-12-33(13-11-29)26(35)24-16-21(32)15-23(24)22-9-8-20(30)14-25(22)31/h8-9,14,19,21,23-24H,3-7,10-13,15-18,32H2,1-2H3/t21-,23+,24?/m1/s1. The lowest BCUT2D eigenvalue weighted by atomic mass is 9.63. The second-order valence-electron chi connectivity index (χ2n) is 12.6. The van der Waals surface area contributed by atoms with Crippen molar-refractivity contribution >= 4 is 12.0 Å². The number of carbonyl (C=O) groups excluding carboxylic acids is 2. The van der Waals surface area contributed by atoms with Crippen molar-refractivity contribution in [2.75, 3.05) is 26.2 Å². The van der Waals surface area contributed by atoms with Gasteiger partial charge in [-0.1, -0.05) is 25.3 Å². The van der Waals surface area contributed by atoms with E-state index in [4.69, 9.17) is 10.5 Å². The summed E-state index contributed by atoms with van der Waals surface area (Å²) in [5.41, 5.74) is 6.27. The summed E-state index contributed by atoms with van der Waals surface area (Å²) in [7, 11) is 0. The number of amides is 2. The highest BCUT2D eigenvalue weighted by molar-refractivity contribution is 5.80. The van der Waals surface area contributed by atoms with Crippen LogP contribution >= 0.6 is 0 Å². The van der Waals surface area contributed by atoms with Gasteiger partial charge in [0.2, 0.25) is 5.91 Å². The molecule has 2 saturated carbocycles. The van der Waals surface area contributed by atoms with Crippen LogP contribution in [0.2, 0.25) is 0 Å². The summed E-state index contributed by atoms with van der Waals surface area (Å²) in [6.45, 7) is 6.45. The number of likely N-dealkylation sites (tertiary alicyclic amines) is 1. The van der Waals surface area contributed by atoms with E-state index in [1.165, 1.54) is 44.2 Å². The number of rotatable bonds is 5. The summed E-state index contributed by atoms with van der Waals surface area (Å²) < 4.78 is 33.6. The molecule has 37 heavy (non-hydrogen) atoms. The molecule has 4 aliphatic rings. The van der Waals surface area contributed by atoms with Crippen molar-refractivity contribution in [2.45, 2.75) is 89.1 Å². The largest absolute Gasteiger partial charge is 0.447 e. The van der Waals surface area contributed by atoms with Gasteiger partial charge in [0.15, 0.2) is 0 Å². The van der Waals surface area contributed by atoms with Crippen molar-refractivity contribution in [1.82, 2.24) is 9.80 Å². The summed E-state index contributed by atoms with van der Waals surface area (Å²) in [5.74, 6) is -1.40. The molecule has 2 aliphatic carbocycles. The third kappa shape index (κ3) is 5.10.